The molecule has 8 nitrogen and oxygen atoms in total. The first-order chi connectivity index (χ1) is 12.8. The Kier molecular flexibility index (Phi) is 7.04. The summed E-state index contributed by atoms with van der Waals surface area (Å²) in [4.78, 5) is 37.2. The third kappa shape index (κ3) is 5.60. The first-order valence-electron chi connectivity index (χ1n) is 8.94. The number of nitrogens with one attached hydrogen (secondary N) is 1. The quantitative estimate of drug-likeness (QED) is 0.746. The van der Waals surface area contributed by atoms with Crippen LogP contribution in [-0.4, -0.2) is 60.6 Å². The van der Waals surface area contributed by atoms with E-state index < -0.39 is 11.9 Å². The highest BCUT2D eigenvalue weighted by molar-refractivity contribution is 5.95. The number of carboxylic acid groups (broad SMARTS) is 1. The summed E-state index contributed by atoms with van der Waals surface area (Å²) in [5.74, 6) is -1.22. The van der Waals surface area contributed by atoms with Gasteiger partial charge in [-0.2, -0.15) is 0 Å². The fraction of sp³-hybridized carbons (Fsp3) is 0.526. The number of nitrogens with zero attached hydrogens (tertiary/aromatic N) is 1. The fourth-order valence-corrected chi connectivity index (χ4v) is 2.97. The summed E-state index contributed by atoms with van der Waals surface area (Å²) in [6.45, 7) is 4.28. The maximum Gasteiger partial charge on any atom is 0.308 e. The monoisotopic (exact) mass is 378 g/mol. The second-order valence-electron chi connectivity index (χ2n) is 6.81. The first-order valence-corrected chi connectivity index (χ1v) is 8.94. The van der Waals surface area contributed by atoms with E-state index in [-0.39, 0.29) is 31.0 Å². The molecule has 2 rings (SSSR count). The molecule has 0 spiro atoms. The van der Waals surface area contributed by atoms with Gasteiger partial charge in [-0.05, 0) is 44.9 Å². The summed E-state index contributed by atoms with van der Waals surface area (Å²) in [6, 6.07) is 4.72. The third-order valence-corrected chi connectivity index (χ3v) is 4.28. The molecule has 1 unspecified atom stereocenters. The Bertz CT molecular complexity index is 703. The van der Waals surface area contributed by atoms with Crippen molar-refractivity contribution in [3.8, 4) is 11.5 Å². The van der Waals surface area contributed by atoms with Gasteiger partial charge in [0.2, 0.25) is 0 Å². The highest BCUT2D eigenvalue weighted by Crippen LogP contribution is 2.29. The number of methoxy groups -OCH3 is 1. The van der Waals surface area contributed by atoms with Crippen molar-refractivity contribution in [2.75, 3.05) is 26.8 Å². The van der Waals surface area contributed by atoms with Gasteiger partial charge >= 0.3 is 5.97 Å². The van der Waals surface area contributed by atoms with Crippen LogP contribution in [0.2, 0.25) is 0 Å². The summed E-state index contributed by atoms with van der Waals surface area (Å²) < 4.78 is 10.8. The average Bonchev–Trinajstić information content (AvgIpc) is 2.65. The zero-order chi connectivity index (χ0) is 20.0. The number of carboxylic acids is 1. The van der Waals surface area contributed by atoms with E-state index >= 15 is 0 Å². The molecular formula is C19H26N2O6. The molecule has 0 aromatic heterocycles. The van der Waals surface area contributed by atoms with Crippen molar-refractivity contribution in [3.05, 3.63) is 23.8 Å². The predicted octanol–water partition coefficient (Wildman–Crippen LogP) is 1.54. The SMILES string of the molecule is COc1cc(C(=O)N2CCCC(C(=O)O)C2)ccc1OCC(=O)NC(C)C. The smallest absolute Gasteiger partial charge is 0.308 e. The van der Waals surface area contributed by atoms with Crippen LogP contribution in [0.25, 0.3) is 0 Å². The molecule has 27 heavy (non-hydrogen) atoms. The van der Waals surface area contributed by atoms with Crippen LogP contribution in [0.4, 0.5) is 0 Å². The number of ether oxygens (including phenoxy) is 2. The van der Waals surface area contributed by atoms with Crippen LogP contribution in [0, 0.1) is 5.92 Å². The van der Waals surface area contributed by atoms with E-state index in [9.17, 15) is 19.5 Å². The molecule has 1 aromatic carbocycles. The van der Waals surface area contributed by atoms with Gasteiger partial charge in [-0.1, -0.05) is 0 Å². The fourth-order valence-electron chi connectivity index (χ4n) is 2.97. The second kappa shape index (κ2) is 9.25. The van der Waals surface area contributed by atoms with E-state index in [1.165, 1.54) is 7.11 Å². The molecule has 0 aliphatic carbocycles. The molecule has 1 aliphatic rings. The number of carbonyl (C=O) groups excluding carboxylic acids is 2. The Labute approximate surface area is 158 Å². The van der Waals surface area contributed by atoms with E-state index in [2.05, 4.69) is 5.32 Å². The lowest BCUT2D eigenvalue weighted by Gasteiger charge is -2.30. The lowest BCUT2D eigenvalue weighted by molar-refractivity contribution is -0.143. The van der Waals surface area contributed by atoms with Crippen molar-refractivity contribution in [2.45, 2.75) is 32.7 Å². The van der Waals surface area contributed by atoms with E-state index in [1.54, 1.807) is 23.1 Å². The number of hydrogen-bond acceptors (Lipinski definition) is 5. The normalized spacial score (nSPS) is 16.7. The van der Waals surface area contributed by atoms with Crippen LogP contribution in [0.3, 0.4) is 0 Å². The van der Waals surface area contributed by atoms with Crippen LogP contribution >= 0.6 is 0 Å². The molecule has 0 saturated carbocycles. The molecule has 148 valence electrons. The van der Waals surface area contributed by atoms with Crippen LogP contribution in [0.1, 0.15) is 37.0 Å². The predicted molar refractivity (Wildman–Crippen MR) is 98.0 cm³/mol. The Morgan fingerprint density at radius 2 is 2.04 bits per heavy atom. The third-order valence-electron chi connectivity index (χ3n) is 4.28. The van der Waals surface area contributed by atoms with Crippen molar-refractivity contribution in [3.63, 3.8) is 0 Å². The Morgan fingerprint density at radius 1 is 1.30 bits per heavy atom. The number of aliphatic carboxylic acids is 1. The zero-order valence-electron chi connectivity index (χ0n) is 15.9. The van der Waals surface area contributed by atoms with Crippen LogP contribution in [0.5, 0.6) is 11.5 Å². The van der Waals surface area contributed by atoms with Gasteiger partial charge in [0, 0.05) is 24.7 Å². The molecule has 1 atom stereocenters. The van der Waals surface area contributed by atoms with Crippen LogP contribution < -0.4 is 14.8 Å². The largest absolute Gasteiger partial charge is 0.493 e. The minimum absolute atomic E-state index is 0.0159. The highest BCUT2D eigenvalue weighted by Gasteiger charge is 2.29. The van der Waals surface area contributed by atoms with Gasteiger partial charge in [-0.15, -0.1) is 0 Å². The van der Waals surface area contributed by atoms with E-state index in [1.807, 2.05) is 13.8 Å². The molecular weight excluding hydrogens is 352 g/mol. The molecule has 2 N–H and O–H groups in total. The van der Waals surface area contributed by atoms with Gasteiger partial charge in [0.15, 0.2) is 18.1 Å². The molecule has 1 heterocycles. The van der Waals surface area contributed by atoms with Crippen molar-refractivity contribution in [1.82, 2.24) is 10.2 Å². The molecule has 8 heteroatoms. The van der Waals surface area contributed by atoms with Crippen molar-refractivity contribution in [1.29, 1.82) is 0 Å². The molecule has 1 aromatic rings. The second-order valence-corrected chi connectivity index (χ2v) is 6.81. The number of benzene rings is 1. The maximum atomic E-state index is 12.7. The van der Waals surface area contributed by atoms with Crippen LogP contribution in [0.15, 0.2) is 18.2 Å². The van der Waals surface area contributed by atoms with Crippen LogP contribution in [-0.2, 0) is 9.59 Å². The van der Waals surface area contributed by atoms with Gasteiger partial charge in [0.25, 0.3) is 11.8 Å². The minimum atomic E-state index is -0.881. The number of amides is 2. The van der Waals surface area contributed by atoms with E-state index in [4.69, 9.17) is 9.47 Å². The minimum Gasteiger partial charge on any atom is -0.493 e. The molecule has 0 radical (unpaired) electrons. The molecule has 1 aliphatic heterocycles. The van der Waals surface area contributed by atoms with Gasteiger partial charge in [-0.25, -0.2) is 0 Å². The van der Waals surface area contributed by atoms with E-state index in [0.717, 1.165) is 0 Å². The average molecular weight is 378 g/mol. The first kappa shape index (κ1) is 20.5. The summed E-state index contributed by atoms with van der Waals surface area (Å²) in [5.41, 5.74) is 0.386. The van der Waals surface area contributed by atoms with Gasteiger partial charge in [0.05, 0.1) is 13.0 Å². The number of carbonyl (C=O) groups is 3. The highest BCUT2D eigenvalue weighted by atomic mass is 16.5. The summed E-state index contributed by atoms with van der Waals surface area (Å²) >= 11 is 0. The number of likely N-dealkylation sites (tertiary alicyclic amines) is 1. The standard InChI is InChI=1S/C19H26N2O6/c1-12(2)20-17(22)11-27-15-7-6-13(9-16(15)26-3)18(23)21-8-4-5-14(10-21)19(24)25/h6-7,9,12,14H,4-5,8,10-11H2,1-3H3,(H,20,22)(H,24,25). The zero-order valence-corrected chi connectivity index (χ0v) is 15.9. The van der Waals surface area contributed by atoms with Gasteiger partial charge < -0.3 is 24.8 Å². The number of hydrogen-bond donors (Lipinski definition) is 2. The van der Waals surface area contributed by atoms with Gasteiger partial charge in [-0.3, -0.25) is 14.4 Å². The Balaban J connectivity index is 2.07. The number of rotatable bonds is 7. The number of piperidine rings is 1. The van der Waals surface area contributed by atoms with E-state index in [0.29, 0.717) is 36.4 Å². The summed E-state index contributed by atoms with van der Waals surface area (Å²) in [6.07, 6.45) is 1.24. The lowest BCUT2D eigenvalue weighted by Crippen LogP contribution is -2.42. The Morgan fingerprint density at radius 3 is 2.67 bits per heavy atom. The molecule has 2 amide bonds. The molecule has 1 fully saturated rings. The lowest BCUT2D eigenvalue weighted by atomic mass is 9.97. The summed E-state index contributed by atoms with van der Waals surface area (Å²) in [5, 5.41) is 11.9. The summed E-state index contributed by atoms with van der Waals surface area (Å²) in [7, 11) is 1.45. The van der Waals surface area contributed by atoms with Crippen molar-refractivity contribution < 1.29 is 29.0 Å². The van der Waals surface area contributed by atoms with Gasteiger partial charge in [0.1, 0.15) is 0 Å². The topological polar surface area (TPSA) is 105 Å². The Hall–Kier alpha value is -2.77. The molecule has 0 bridgehead atoms. The molecule has 1 saturated heterocycles. The van der Waals surface area contributed by atoms with Crippen molar-refractivity contribution in [2.24, 2.45) is 5.92 Å². The maximum absolute atomic E-state index is 12.7. The van der Waals surface area contributed by atoms with Crippen molar-refractivity contribution >= 4 is 17.8 Å².